The monoisotopic (exact) mass is 669 g/mol. The van der Waals surface area contributed by atoms with Crippen molar-refractivity contribution in [2.45, 2.75) is 43.9 Å². The van der Waals surface area contributed by atoms with Crippen molar-refractivity contribution >= 4 is 22.9 Å². The van der Waals surface area contributed by atoms with Gasteiger partial charge < -0.3 is 30.0 Å². The minimum atomic E-state index is -0.982. The predicted molar refractivity (Wildman–Crippen MR) is 186 cm³/mol. The molecule has 1 amide bonds. The number of aromatic amines is 1. The fraction of sp³-hybridized carbons (Fsp3) is 0.417. The Bertz CT molecular complexity index is 1790. The lowest BCUT2D eigenvalue weighted by Crippen LogP contribution is -2.70. The first-order valence-corrected chi connectivity index (χ1v) is 18.0. The summed E-state index contributed by atoms with van der Waals surface area (Å²) in [5.41, 5.74) is 11.2. The Kier molecular flexibility index (Phi) is 8.71. The van der Waals surface area contributed by atoms with Gasteiger partial charge in [-0.25, -0.2) is 0 Å². The third kappa shape index (κ3) is 6.07. The summed E-state index contributed by atoms with van der Waals surface area (Å²) in [6.45, 7) is 7.24. The van der Waals surface area contributed by atoms with Gasteiger partial charge in [0, 0.05) is 62.4 Å². The number of aliphatic hydroxyl groups is 1. The van der Waals surface area contributed by atoms with Crippen LogP contribution in [0.15, 0.2) is 66.9 Å². The summed E-state index contributed by atoms with van der Waals surface area (Å²) in [4.78, 5) is 21.3. The maximum atomic E-state index is 13.6. The summed E-state index contributed by atoms with van der Waals surface area (Å²) >= 11 is -0.838. The third-order valence-electron chi connectivity index (χ3n) is 10.1. The summed E-state index contributed by atoms with van der Waals surface area (Å²) in [5.74, 6) is 1.12. The van der Waals surface area contributed by atoms with E-state index in [-0.39, 0.29) is 17.8 Å². The first-order valence-electron chi connectivity index (χ1n) is 16.6. The lowest BCUT2D eigenvalue weighted by atomic mass is 9.79. The van der Waals surface area contributed by atoms with Crippen LogP contribution in [-0.2, 0) is 27.1 Å². The standard InChI is InChI=1S/C36H43N7O4S/c1-35(2,45)26-8-6-24(7-9-26)34(44)41-22-36(23-41,42-14-18-48(46)19-15-42)27-5-3-4-25(20-27)30-21-29(32(40-30)33(37)38)31-10-13-39-43(31)28-11-16-47-17-12-28/h3-10,13,20-21,28,40,45H,11-12,14-19,22-23H2,1-2H3,(H3,37,38). The van der Waals surface area contributed by atoms with Crippen LogP contribution in [0.3, 0.4) is 0 Å². The molecular formula is C36H43N7O4S. The zero-order valence-electron chi connectivity index (χ0n) is 27.4. The van der Waals surface area contributed by atoms with Crippen LogP contribution in [0.25, 0.3) is 22.5 Å². The first kappa shape index (κ1) is 32.6. The van der Waals surface area contributed by atoms with E-state index in [0.717, 1.165) is 46.5 Å². The molecule has 5 heterocycles. The van der Waals surface area contributed by atoms with Crippen molar-refractivity contribution in [2.75, 3.05) is 50.9 Å². The molecule has 3 saturated heterocycles. The van der Waals surface area contributed by atoms with Gasteiger partial charge in [-0.1, -0.05) is 41.5 Å². The molecule has 7 rings (SSSR count). The second-order valence-electron chi connectivity index (χ2n) is 13.6. The zero-order chi connectivity index (χ0) is 33.6. The third-order valence-corrected chi connectivity index (χ3v) is 11.4. The molecule has 12 heteroatoms. The Labute approximate surface area is 283 Å². The highest BCUT2D eigenvalue weighted by molar-refractivity contribution is 7.91. The van der Waals surface area contributed by atoms with Crippen LogP contribution in [0.2, 0.25) is 0 Å². The van der Waals surface area contributed by atoms with Gasteiger partial charge in [-0.15, -0.1) is 0 Å². The molecule has 0 unspecified atom stereocenters. The topological polar surface area (TPSA) is 160 Å². The molecule has 11 nitrogen and oxygen atoms in total. The summed E-state index contributed by atoms with van der Waals surface area (Å²) in [6.07, 6.45) is 3.55. The number of H-pyrrole nitrogens is 1. The van der Waals surface area contributed by atoms with Crippen molar-refractivity contribution < 1.29 is 19.2 Å². The second kappa shape index (κ2) is 12.8. The molecule has 0 spiro atoms. The largest absolute Gasteiger partial charge is 0.616 e. The van der Waals surface area contributed by atoms with Crippen molar-refractivity contribution in [3.8, 4) is 22.5 Å². The van der Waals surface area contributed by atoms with E-state index in [2.05, 4.69) is 27.1 Å². The van der Waals surface area contributed by atoms with Crippen molar-refractivity contribution in [2.24, 2.45) is 5.73 Å². The lowest BCUT2D eigenvalue weighted by molar-refractivity contribution is -0.0418. The molecule has 2 aromatic carbocycles. The lowest BCUT2D eigenvalue weighted by Gasteiger charge is -2.57. The van der Waals surface area contributed by atoms with E-state index in [1.807, 2.05) is 33.8 Å². The zero-order valence-corrected chi connectivity index (χ0v) is 28.3. The van der Waals surface area contributed by atoms with E-state index in [9.17, 15) is 14.5 Å². The van der Waals surface area contributed by atoms with Crippen LogP contribution >= 0.6 is 0 Å². The van der Waals surface area contributed by atoms with Gasteiger partial charge in [0.15, 0.2) is 0 Å². The number of carbonyl (C=O) groups excluding carboxylic acids is 1. The summed E-state index contributed by atoms with van der Waals surface area (Å²) in [5, 5.41) is 23.4. The molecule has 48 heavy (non-hydrogen) atoms. The SMILES string of the molecule is CC(C)(O)c1ccc(C(=O)N2CC(c3cccc(-c4cc(-c5ccnn5C5CCOCC5)c(C(=N)N)[nH]4)c3)(N3CC[S+]([O-])CC3)C2)cc1. The number of benzene rings is 2. The maximum absolute atomic E-state index is 13.6. The molecule has 0 saturated carbocycles. The molecule has 3 aliphatic rings. The molecular weight excluding hydrogens is 627 g/mol. The van der Waals surface area contributed by atoms with Gasteiger partial charge in [0.25, 0.3) is 5.91 Å². The fourth-order valence-electron chi connectivity index (χ4n) is 7.31. The number of ether oxygens (including phenoxy) is 1. The highest BCUT2D eigenvalue weighted by Gasteiger charge is 2.52. The first-order chi connectivity index (χ1) is 23.0. The number of nitrogens with two attached hydrogens (primary N) is 1. The minimum absolute atomic E-state index is 0.0475. The van der Waals surface area contributed by atoms with Crippen LogP contribution in [0, 0.1) is 5.41 Å². The number of rotatable bonds is 8. The molecule has 3 fully saturated rings. The van der Waals surface area contributed by atoms with E-state index in [1.54, 1.807) is 44.3 Å². The van der Waals surface area contributed by atoms with Crippen molar-refractivity contribution in [3.05, 3.63) is 89.2 Å². The maximum Gasteiger partial charge on any atom is 0.254 e. The van der Waals surface area contributed by atoms with E-state index in [4.69, 9.17) is 15.9 Å². The number of amidine groups is 1. The average Bonchev–Trinajstić information content (AvgIpc) is 3.73. The fourth-order valence-corrected chi connectivity index (χ4v) is 8.36. The van der Waals surface area contributed by atoms with Crippen molar-refractivity contribution in [1.29, 1.82) is 5.41 Å². The Morgan fingerprint density at radius 2 is 1.81 bits per heavy atom. The van der Waals surface area contributed by atoms with Gasteiger partial charge in [0.05, 0.1) is 28.6 Å². The molecule has 252 valence electrons. The summed E-state index contributed by atoms with van der Waals surface area (Å²) < 4.78 is 20.0. The molecule has 3 aliphatic heterocycles. The van der Waals surface area contributed by atoms with Gasteiger partial charge in [-0.2, -0.15) is 5.10 Å². The number of nitrogens with zero attached hydrogens (tertiary/aromatic N) is 4. The number of amides is 1. The number of carbonyl (C=O) groups is 1. The number of nitrogens with one attached hydrogen (secondary N) is 2. The van der Waals surface area contributed by atoms with E-state index in [0.29, 0.717) is 62.2 Å². The highest BCUT2D eigenvalue weighted by atomic mass is 32.2. The van der Waals surface area contributed by atoms with Gasteiger partial charge >= 0.3 is 0 Å². The van der Waals surface area contributed by atoms with Gasteiger partial charge in [-0.05, 0) is 73.7 Å². The molecule has 5 N–H and O–H groups in total. The molecule has 2 aromatic heterocycles. The Hall–Kier alpha value is -3.94. The van der Waals surface area contributed by atoms with Crippen molar-refractivity contribution in [1.82, 2.24) is 24.6 Å². The van der Waals surface area contributed by atoms with E-state index >= 15 is 0 Å². The Balaban J connectivity index is 1.20. The number of hydrogen-bond donors (Lipinski definition) is 4. The van der Waals surface area contributed by atoms with Gasteiger partial charge in [-0.3, -0.25) is 19.8 Å². The van der Waals surface area contributed by atoms with Gasteiger partial charge in [0.1, 0.15) is 17.3 Å². The normalized spacial score (nSPS) is 19.3. The quantitative estimate of drug-likeness (QED) is 0.126. The number of likely N-dealkylation sites (tertiary alicyclic amines) is 1. The number of nitrogen functional groups attached to an aromatic ring is 1. The molecule has 0 aliphatic carbocycles. The highest BCUT2D eigenvalue weighted by Crippen LogP contribution is 2.42. The van der Waals surface area contributed by atoms with Gasteiger partial charge in [0.2, 0.25) is 0 Å². The Morgan fingerprint density at radius 3 is 2.48 bits per heavy atom. The summed E-state index contributed by atoms with van der Waals surface area (Å²) in [6, 6.07) is 19.8. The van der Waals surface area contributed by atoms with E-state index in [1.165, 1.54) is 0 Å². The van der Waals surface area contributed by atoms with Crippen LogP contribution in [0.4, 0.5) is 0 Å². The second-order valence-corrected chi connectivity index (χ2v) is 15.3. The smallest absolute Gasteiger partial charge is 0.254 e. The minimum Gasteiger partial charge on any atom is -0.616 e. The number of hydrogen-bond acceptors (Lipinski definition) is 7. The molecule has 0 bridgehead atoms. The van der Waals surface area contributed by atoms with Crippen LogP contribution in [0.1, 0.15) is 59.9 Å². The van der Waals surface area contributed by atoms with Crippen LogP contribution in [0.5, 0.6) is 0 Å². The number of aromatic nitrogens is 3. The Morgan fingerprint density at radius 1 is 1.10 bits per heavy atom. The summed E-state index contributed by atoms with van der Waals surface area (Å²) in [7, 11) is 0. The molecule has 4 aromatic rings. The van der Waals surface area contributed by atoms with E-state index < -0.39 is 22.3 Å². The average molecular weight is 670 g/mol. The predicted octanol–water partition coefficient (Wildman–Crippen LogP) is 3.82. The van der Waals surface area contributed by atoms with Crippen LogP contribution < -0.4 is 5.73 Å². The molecule has 0 radical (unpaired) electrons. The molecule has 0 atom stereocenters. The van der Waals surface area contributed by atoms with Crippen LogP contribution in [-0.4, -0.2) is 96.9 Å². The van der Waals surface area contributed by atoms with Crippen molar-refractivity contribution in [3.63, 3.8) is 0 Å².